The molecule has 0 radical (unpaired) electrons. The Morgan fingerprint density at radius 2 is 0.724 bits per heavy atom. The van der Waals surface area contributed by atoms with Crippen molar-refractivity contribution in [2.24, 2.45) is 11.5 Å². The van der Waals surface area contributed by atoms with Crippen molar-refractivity contribution >= 4 is 144 Å². The first-order valence-electron chi connectivity index (χ1n) is 6.83. The number of hydrogen-bond donors (Lipinski definition) is 6. The van der Waals surface area contributed by atoms with E-state index in [9.17, 15) is 19.2 Å². The van der Waals surface area contributed by atoms with Crippen LogP contribution in [0.1, 0.15) is 12.8 Å². The first kappa shape index (κ1) is 83.2. The van der Waals surface area contributed by atoms with Crippen molar-refractivity contribution < 1.29 is 65.4 Å². The second kappa shape index (κ2) is 60.5. The molecule has 172 valence electrons. The summed E-state index contributed by atoms with van der Waals surface area (Å²) in [6, 6.07) is -0.0516. The van der Waals surface area contributed by atoms with E-state index in [2.05, 4.69) is 4.12 Å². The van der Waals surface area contributed by atoms with Crippen molar-refractivity contribution in [3.05, 3.63) is 59.4 Å². The Balaban J connectivity index is -0.0000000156. The summed E-state index contributed by atoms with van der Waals surface area (Å²) in [7, 11) is -7.94. The Morgan fingerprint density at radius 1 is 0.552 bits per heavy atom. The largest absolute Gasteiger partial charge is 0 e. The number of rotatable bonds is 8. The average Bonchev–Trinajstić information content (AvgIpc) is 2.38. The predicted molar refractivity (Wildman–Crippen MR) is 133 cm³/mol. The van der Waals surface area contributed by atoms with E-state index in [1.807, 2.05) is 0 Å². The minimum atomic E-state index is -3.97. The summed E-state index contributed by atoms with van der Waals surface area (Å²) in [4.78, 5) is 37.5. The molecule has 0 rings (SSSR count). The summed E-state index contributed by atoms with van der Waals surface area (Å²) in [5.41, 5.74) is 10.4. The molecule has 0 aromatic heterocycles. The molecule has 0 atom stereocenters. The molecule has 0 amide bonds. The topological polar surface area (TPSA) is 142 Å². The fraction of sp³-hybridized carbons (Fsp3) is 0.429. The van der Waals surface area contributed by atoms with Crippen molar-refractivity contribution in [3.8, 4) is 0 Å². The number of hydrogen-bond acceptors (Lipinski definition) is 7. The second-order valence-corrected chi connectivity index (χ2v) is 8.16. The van der Waals surface area contributed by atoms with Crippen LogP contribution in [0.4, 0.5) is 0 Å². The van der Waals surface area contributed by atoms with Gasteiger partial charge in [0.05, 0.1) is 0 Å². The average molecular weight is 901 g/mol. The van der Waals surface area contributed by atoms with Crippen LogP contribution in [0, 0.1) is 59.4 Å². The van der Waals surface area contributed by atoms with Gasteiger partial charge in [0.2, 0.25) is 0 Å². The molecule has 0 spiro atoms. The van der Waals surface area contributed by atoms with Crippen LogP contribution in [0.3, 0.4) is 0 Å². The Labute approximate surface area is 307 Å². The maximum Gasteiger partial charge on any atom is 0 e. The quantitative estimate of drug-likeness (QED) is 0.144. The van der Waals surface area contributed by atoms with Gasteiger partial charge in [0.15, 0.2) is 0 Å². The Morgan fingerprint density at radius 3 is 0.862 bits per heavy atom. The fourth-order valence-corrected chi connectivity index (χ4v) is 5.27. The van der Waals surface area contributed by atoms with Gasteiger partial charge in [-0.15, -0.1) is 0 Å². The van der Waals surface area contributed by atoms with Crippen molar-refractivity contribution in [3.63, 3.8) is 0 Å². The maximum absolute atomic E-state index is 9.38. The van der Waals surface area contributed by atoms with E-state index >= 15 is 0 Å². The van der Waals surface area contributed by atoms with Gasteiger partial charge in [0, 0.05) is 54.2 Å². The molecule has 29 heavy (non-hydrogen) atoms. The zero-order valence-electron chi connectivity index (χ0n) is 21.4. The fourth-order valence-electron chi connectivity index (χ4n) is 1.03. The van der Waals surface area contributed by atoms with Crippen LogP contribution < -0.4 is 11.5 Å². The first-order chi connectivity index (χ1) is 8.83. The summed E-state index contributed by atoms with van der Waals surface area (Å²) < 4.78 is 4.62. The molecular weight excluding hydrogens is 856 g/mol. The van der Waals surface area contributed by atoms with Crippen molar-refractivity contribution in [1.29, 1.82) is 0 Å². The normalized spacial score (nSPS) is 7.38. The molecule has 0 saturated carbocycles. The zero-order valence-corrected chi connectivity index (χ0v) is 41.8. The molecule has 0 heterocycles. The molecule has 15 heteroatoms. The molecule has 7 nitrogen and oxygen atoms in total. The summed E-state index contributed by atoms with van der Waals surface area (Å²) in [5, 5.41) is 0. The van der Waals surface area contributed by atoms with Crippen LogP contribution in [0.25, 0.3) is 0 Å². The van der Waals surface area contributed by atoms with Gasteiger partial charge in [0.1, 0.15) is 0 Å². The standard InChI is InChI=1S/C6H20N2O5Si2.8CH3.4K.2W/c7-3-1-5-14(9,10)13-15(11,12)6-2-4-8;;;;;;;;;;;;;;/h9-12H,1-8H2;8*1H3;;;;;;/q;8*-1;;;;;;. The third-order valence-electron chi connectivity index (χ3n) is 1.74. The molecule has 8 N–H and O–H groups in total. The van der Waals surface area contributed by atoms with Gasteiger partial charge in [-0.05, 0) is 25.9 Å². The smallest absolute Gasteiger partial charge is 0 e. The van der Waals surface area contributed by atoms with E-state index in [4.69, 9.17) is 11.5 Å². The van der Waals surface area contributed by atoms with Crippen LogP contribution in [0.2, 0.25) is 12.1 Å². The minimum absolute atomic E-state index is 0. The van der Waals surface area contributed by atoms with E-state index in [0.29, 0.717) is 25.9 Å². The summed E-state index contributed by atoms with van der Waals surface area (Å²) in [5.74, 6) is 0. The summed E-state index contributed by atoms with van der Waals surface area (Å²) >= 11 is 5.00. The van der Waals surface area contributed by atoms with E-state index in [0.717, 1.165) is 0 Å². The van der Waals surface area contributed by atoms with Gasteiger partial charge in [-0.2, -0.15) is 0 Å². The summed E-state index contributed by atoms with van der Waals surface area (Å²) in [6.07, 6.45) is 0.751. The third kappa shape index (κ3) is 72.3. The second-order valence-electron chi connectivity index (χ2n) is 3.37. The van der Waals surface area contributed by atoms with Crippen molar-refractivity contribution in [1.82, 2.24) is 0 Å². The van der Waals surface area contributed by atoms with Crippen LogP contribution in [-0.2, 0) is 46.2 Å². The minimum Gasteiger partial charge on any atom is 0 e. The van der Waals surface area contributed by atoms with Gasteiger partial charge in [-0.25, -0.2) is 0 Å². The Bertz CT molecular complexity index is 197. The molecule has 0 saturated heterocycles. The van der Waals surface area contributed by atoms with Crippen molar-refractivity contribution in [2.45, 2.75) is 24.9 Å². The Kier molecular flexibility index (Phi) is 174. The van der Waals surface area contributed by atoms with E-state index in [-0.39, 0.29) is 114 Å². The van der Waals surface area contributed by atoms with E-state index in [1.165, 1.54) is 126 Å². The van der Waals surface area contributed by atoms with Crippen LogP contribution in [-0.4, -0.2) is 176 Å². The third-order valence-corrected chi connectivity index (χ3v) is 6.37. The van der Waals surface area contributed by atoms with E-state index in [1.54, 1.807) is 0 Å². The van der Waals surface area contributed by atoms with Crippen LogP contribution >= 0.6 is 0 Å². The van der Waals surface area contributed by atoms with Gasteiger partial charge in [-0.1, -0.05) is 0 Å². The monoisotopic (exact) mass is 900 g/mol. The van der Waals surface area contributed by atoms with Crippen LogP contribution in [0.15, 0.2) is 0 Å². The molecule has 0 aliphatic heterocycles. The Hall–Kier alpha value is 8.08. The molecular formula is C14H44K4N2O5Si2W2-8. The van der Waals surface area contributed by atoms with Gasteiger partial charge >= 0.3 is 144 Å². The van der Waals surface area contributed by atoms with Gasteiger partial charge < -0.3 is 94.2 Å². The van der Waals surface area contributed by atoms with Gasteiger partial charge in [0.25, 0.3) is 0 Å². The summed E-state index contributed by atoms with van der Waals surface area (Å²) in [6.45, 7) is 0.598. The molecule has 0 bridgehead atoms. The van der Waals surface area contributed by atoms with Gasteiger partial charge in [-0.3, -0.25) is 0 Å². The molecule has 0 unspecified atom stereocenters. The molecule has 0 fully saturated rings. The first-order valence-corrected chi connectivity index (χ1v) is 42.8. The molecule has 0 aromatic carbocycles. The SMILES string of the molecule is NCCC[Si](O)(O)O[Si](O)(O)CCCN.[CH3-].[CH3-].[CH3-].[CH3-].[CH3-].[CH3-].[CH3-].[CH3-].[K][K].[K][K].[W].[W]. The molecule has 0 aliphatic carbocycles. The predicted octanol–water partition coefficient (Wildman–Crippen LogP) is -0.378. The van der Waals surface area contributed by atoms with Crippen molar-refractivity contribution in [2.75, 3.05) is 13.1 Å². The zero-order chi connectivity index (χ0) is 15.9. The molecule has 0 aromatic rings. The molecule has 0 aliphatic rings. The van der Waals surface area contributed by atoms with E-state index < -0.39 is 17.6 Å². The maximum atomic E-state index is 9.38. The number of nitrogens with two attached hydrogens (primary N) is 2. The van der Waals surface area contributed by atoms with Crippen LogP contribution in [0.5, 0.6) is 0 Å².